The number of halogens is 4. The summed E-state index contributed by atoms with van der Waals surface area (Å²) >= 11 is 6.17. The molecule has 1 N–H and O–H groups in total. The molecule has 0 radical (unpaired) electrons. The Balaban J connectivity index is 2.11. The maximum Gasteiger partial charge on any atom is 0.416 e. The summed E-state index contributed by atoms with van der Waals surface area (Å²) in [6.45, 7) is 4.40. The molecule has 0 spiro atoms. The molecule has 0 aromatic heterocycles. The number of carbonyl (C=O) groups excluding carboxylic acids is 2. The van der Waals surface area contributed by atoms with Crippen molar-refractivity contribution in [2.75, 3.05) is 17.1 Å². The van der Waals surface area contributed by atoms with Gasteiger partial charge in [-0.3, -0.25) is 13.9 Å². The van der Waals surface area contributed by atoms with Gasteiger partial charge in [0.25, 0.3) is 0 Å². The van der Waals surface area contributed by atoms with Crippen LogP contribution < -0.4 is 9.62 Å². The van der Waals surface area contributed by atoms with Crippen LogP contribution in [0.3, 0.4) is 0 Å². The van der Waals surface area contributed by atoms with E-state index in [1.54, 1.807) is 75.4 Å². The number of nitrogens with zero attached hydrogens (tertiary/aromatic N) is 2. The normalized spacial score (nSPS) is 12.9. The van der Waals surface area contributed by atoms with Crippen LogP contribution in [0, 0.1) is 0 Å². The molecule has 0 aliphatic heterocycles. The average Bonchev–Trinajstić information content (AvgIpc) is 2.88. The van der Waals surface area contributed by atoms with E-state index in [1.807, 2.05) is 6.07 Å². The fraction of sp³-hybridized carbons (Fsp3) is 0.333. The van der Waals surface area contributed by atoms with Crippen molar-refractivity contribution in [3.05, 3.63) is 101 Å². The number of sulfonamides is 1. The molecule has 0 bridgehead atoms. The Morgan fingerprint density at radius 2 is 1.45 bits per heavy atom. The largest absolute Gasteiger partial charge is 0.416 e. The van der Waals surface area contributed by atoms with E-state index >= 15 is 0 Å². The highest BCUT2D eigenvalue weighted by molar-refractivity contribution is 7.92. The molecule has 3 aromatic carbocycles. The van der Waals surface area contributed by atoms with Crippen LogP contribution in [-0.4, -0.2) is 49.5 Å². The lowest BCUT2D eigenvalue weighted by Crippen LogP contribution is -2.56. The monoisotopic (exact) mass is 623 g/mol. The summed E-state index contributed by atoms with van der Waals surface area (Å²) in [4.78, 5) is 29.0. The summed E-state index contributed by atoms with van der Waals surface area (Å²) in [5.74, 6) is -1.28. The third kappa shape index (κ3) is 9.22. The van der Waals surface area contributed by atoms with Crippen LogP contribution >= 0.6 is 11.6 Å². The molecule has 226 valence electrons. The van der Waals surface area contributed by atoms with E-state index in [1.165, 1.54) is 4.90 Å². The molecular weight excluding hydrogens is 591 g/mol. The predicted molar refractivity (Wildman–Crippen MR) is 157 cm³/mol. The highest BCUT2D eigenvalue weighted by Crippen LogP contribution is 2.36. The fourth-order valence-corrected chi connectivity index (χ4v) is 5.38. The van der Waals surface area contributed by atoms with Crippen LogP contribution in [0.15, 0.2) is 78.9 Å². The highest BCUT2D eigenvalue weighted by Gasteiger charge is 2.36. The van der Waals surface area contributed by atoms with Gasteiger partial charge in [0.1, 0.15) is 12.6 Å². The van der Waals surface area contributed by atoms with Crippen molar-refractivity contribution in [2.45, 2.75) is 51.5 Å². The second-order valence-electron chi connectivity index (χ2n) is 10.9. The van der Waals surface area contributed by atoms with Gasteiger partial charge in [0, 0.05) is 18.5 Å². The zero-order valence-electron chi connectivity index (χ0n) is 23.7. The molecule has 12 heteroatoms. The third-order valence-electron chi connectivity index (χ3n) is 6.19. The van der Waals surface area contributed by atoms with Crippen molar-refractivity contribution in [2.24, 2.45) is 0 Å². The molecule has 1 atom stereocenters. The summed E-state index contributed by atoms with van der Waals surface area (Å²) < 4.78 is 66.8. The first kappa shape index (κ1) is 32.9. The summed E-state index contributed by atoms with van der Waals surface area (Å²) in [5.41, 5.74) is -0.872. The Kier molecular flexibility index (Phi) is 10.3. The van der Waals surface area contributed by atoms with Gasteiger partial charge in [0.2, 0.25) is 21.8 Å². The first-order valence-corrected chi connectivity index (χ1v) is 15.2. The Labute approximate surface area is 249 Å². The lowest BCUT2D eigenvalue weighted by Gasteiger charge is -2.35. The van der Waals surface area contributed by atoms with Gasteiger partial charge in [-0.1, -0.05) is 72.3 Å². The Morgan fingerprint density at radius 3 is 1.95 bits per heavy atom. The maximum absolute atomic E-state index is 14.0. The van der Waals surface area contributed by atoms with Crippen molar-refractivity contribution in [3.63, 3.8) is 0 Å². The van der Waals surface area contributed by atoms with E-state index in [9.17, 15) is 31.2 Å². The summed E-state index contributed by atoms with van der Waals surface area (Å²) in [7, 11) is -4.30. The van der Waals surface area contributed by atoms with Crippen LogP contribution in [-0.2, 0) is 38.8 Å². The molecule has 7 nitrogen and oxygen atoms in total. The molecule has 0 aliphatic carbocycles. The molecule has 0 saturated heterocycles. The number of carbonyl (C=O) groups is 2. The minimum absolute atomic E-state index is 0.0668. The van der Waals surface area contributed by atoms with E-state index < -0.39 is 57.4 Å². The van der Waals surface area contributed by atoms with Gasteiger partial charge >= 0.3 is 6.18 Å². The van der Waals surface area contributed by atoms with Crippen molar-refractivity contribution in [1.82, 2.24) is 10.2 Å². The van der Waals surface area contributed by atoms with Crippen LogP contribution in [0.5, 0.6) is 0 Å². The molecule has 0 saturated carbocycles. The molecule has 0 heterocycles. The van der Waals surface area contributed by atoms with Gasteiger partial charge in [-0.15, -0.1) is 0 Å². The van der Waals surface area contributed by atoms with Gasteiger partial charge in [-0.2, -0.15) is 13.2 Å². The zero-order chi connectivity index (χ0) is 31.3. The van der Waals surface area contributed by atoms with Crippen molar-refractivity contribution >= 4 is 39.1 Å². The second-order valence-corrected chi connectivity index (χ2v) is 13.2. The predicted octanol–water partition coefficient (Wildman–Crippen LogP) is 5.68. The van der Waals surface area contributed by atoms with Crippen LogP contribution in [0.2, 0.25) is 5.02 Å². The highest BCUT2D eigenvalue weighted by atomic mass is 35.5. The van der Waals surface area contributed by atoms with Gasteiger partial charge < -0.3 is 10.2 Å². The Hall–Kier alpha value is -3.57. The van der Waals surface area contributed by atoms with E-state index in [-0.39, 0.29) is 18.0 Å². The first-order chi connectivity index (χ1) is 19.5. The number of rotatable bonds is 10. The minimum Gasteiger partial charge on any atom is -0.350 e. The number of benzene rings is 3. The van der Waals surface area contributed by atoms with E-state index in [2.05, 4.69) is 5.32 Å². The molecule has 0 unspecified atom stereocenters. The van der Waals surface area contributed by atoms with E-state index in [0.717, 1.165) is 24.0 Å². The molecule has 42 heavy (non-hydrogen) atoms. The minimum atomic E-state index is -4.78. The lowest BCUT2D eigenvalue weighted by molar-refractivity contribution is -0.140. The fourth-order valence-electron chi connectivity index (χ4n) is 4.26. The molecule has 0 fully saturated rings. The molecular formula is C30H33ClF3N3O4S. The number of anilines is 1. The Bertz CT molecular complexity index is 1500. The van der Waals surface area contributed by atoms with E-state index in [0.29, 0.717) is 15.9 Å². The van der Waals surface area contributed by atoms with Crippen LogP contribution in [0.1, 0.15) is 37.5 Å². The smallest absolute Gasteiger partial charge is 0.350 e. The Morgan fingerprint density at radius 1 is 0.905 bits per heavy atom. The second kappa shape index (κ2) is 13.2. The van der Waals surface area contributed by atoms with Crippen molar-refractivity contribution in [1.29, 1.82) is 0 Å². The lowest BCUT2D eigenvalue weighted by atomic mass is 10.0. The van der Waals surface area contributed by atoms with Crippen LogP contribution in [0.25, 0.3) is 0 Å². The summed E-state index contributed by atoms with van der Waals surface area (Å²) in [6, 6.07) is 18.9. The molecule has 2 amide bonds. The van der Waals surface area contributed by atoms with Crippen molar-refractivity contribution in [3.8, 4) is 0 Å². The molecule has 3 aromatic rings. The number of nitrogens with one attached hydrogen (secondary N) is 1. The average molecular weight is 624 g/mol. The summed E-state index contributed by atoms with van der Waals surface area (Å²) in [6.07, 6.45) is -3.91. The standard InChI is InChI=1S/C30H33ClF3N3O4S/c1-29(2,3)35-28(39)26(17-21-11-7-5-8-12-21)36(19-22-13-9-6-10-14-22)27(38)20-37(42(4,40)41)25-18-23(30(32,33)34)15-16-24(25)31/h5-16,18,26H,17,19-20H2,1-4H3,(H,35,39)/t26-/m0/s1. The number of hydrogen-bond acceptors (Lipinski definition) is 4. The number of hydrogen-bond donors (Lipinski definition) is 1. The number of amides is 2. The van der Waals surface area contributed by atoms with Crippen molar-refractivity contribution < 1.29 is 31.2 Å². The topological polar surface area (TPSA) is 86.8 Å². The SMILES string of the molecule is CC(C)(C)NC(=O)[C@H](Cc1ccccc1)N(Cc1ccccc1)C(=O)CN(c1cc(C(F)(F)F)ccc1Cl)S(C)(=O)=O. The quantitative estimate of drug-likeness (QED) is 0.315. The third-order valence-corrected chi connectivity index (χ3v) is 7.63. The van der Waals surface area contributed by atoms with Gasteiger partial charge in [-0.05, 0) is 50.1 Å². The maximum atomic E-state index is 14.0. The zero-order valence-corrected chi connectivity index (χ0v) is 25.2. The molecule has 0 aliphatic rings. The van der Waals surface area contributed by atoms with Gasteiger partial charge in [-0.25, -0.2) is 8.42 Å². The number of alkyl halides is 3. The van der Waals surface area contributed by atoms with Gasteiger partial charge in [0.05, 0.1) is 22.5 Å². The summed E-state index contributed by atoms with van der Waals surface area (Å²) in [5, 5.41) is 2.61. The van der Waals surface area contributed by atoms with E-state index in [4.69, 9.17) is 11.6 Å². The first-order valence-electron chi connectivity index (χ1n) is 13.0. The van der Waals surface area contributed by atoms with Gasteiger partial charge in [0.15, 0.2) is 0 Å². The molecule has 3 rings (SSSR count). The van der Waals surface area contributed by atoms with Crippen LogP contribution in [0.4, 0.5) is 18.9 Å².